The van der Waals surface area contributed by atoms with Crippen LogP contribution in [0.5, 0.6) is 17.5 Å². The molecule has 1 N–H and O–H groups in total. The first-order valence-corrected chi connectivity index (χ1v) is 11.2. The fourth-order valence-electron chi connectivity index (χ4n) is 4.33. The Kier molecular flexibility index (Phi) is 5.87. The summed E-state index contributed by atoms with van der Waals surface area (Å²) in [7, 11) is 3.13. The highest BCUT2D eigenvalue weighted by molar-refractivity contribution is 5.87. The predicted molar refractivity (Wildman–Crippen MR) is 125 cm³/mol. The van der Waals surface area contributed by atoms with Crippen LogP contribution in [-0.2, 0) is 6.54 Å². The number of aromatic nitrogens is 5. The van der Waals surface area contributed by atoms with Gasteiger partial charge in [-0.05, 0) is 44.1 Å². The zero-order valence-corrected chi connectivity index (χ0v) is 18.9. The summed E-state index contributed by atoms with van der Waals surface area (Å²) in [6.45, 7) is 4.16. The van der Waals surface area contributed by atoms with Crippen molar-refractivity contribution in [3.8, 4) is 34.5 Å². The quantitative estimate of drug-likeness (QED) is 0.463. The Labute approximate surface area is 192 Å². The van der Waals surface area contributed by atoms with Crippen molar-refractivity contribution in [1.82, 2.24) is 29.2 Å². The maximum atomic E-state index is 10.8. The van der Waals surface area contributed by atoms with Crippen LogP contribution in [0.25, 0.3) is 27.8 Å². The van der Waals surface area contributed by atoms with Crippen LogP contribution in [-0.4, -0.2) is 68.2 Å². The van der Waals surface area contributed by atoms with Gasteiger partial charge in [-0.25, -0.2) is 9.97 Å². The minimum Gasteiger partial charge on any atom is -0.494 e. The van der Waals surface area contributed by atoms with E-state index in [1.165, 1.54) is 32.4 Å². The summed E-state index contributed by atoms with van der Waals surface area (Å²) >= 11 is 0. The normalized spacial score (nSPS) is 14.6. The van der Waals surface area contributed by atoms with E-state index in [9.17, 15) is 5.11 Å². The highest BCUT2D eigenvalue weighted by Gasteiger charge is 2.15. The number of aromatic hydroxyl groups is 1. The Bertz CT molecular complexity index is 1260. The smallest absolute Gasteiger partial charge is 0.256 e. The van der Waals surface area contributed by atoms with Gasteiger partial charge in [0.05, 0.1) is 49.2 Å². The molecule has 0 saturated carbocycles. The minimum atomic E-state index is 0.144. The first-order valence-electron chi connectivity index (χ1n) is 11.2. The maximum Gasteiger partial charge on any atom is 0.256 e. The lowest BCUT2D eigenvalue weighted by Gasteiger charge is -2.26. The van der Waals surface area contributed by atoms with E-state index in [2.05, 4.69) is 15.0 Å². The van der Waals surface area contributed by atoms with Gasteiger partial charge in [0.1, 0.15) is 0 Å². The number of ether oxygens (including phenoxy) is 2. The Morgan fingerprint density at radius 1 is 1.00 bits per heavy atom. The van der Waals surface area contributed by atoms with E-state index in [-0.39, 0.29) is 5.88 Å². The van der Waals surface area contributed by atoms with Gasteiger partial charge >= 0.3 is 0 Å². The van der Waals surface area contributed by atoms with E-state index in [4.69, 9.17) is 14.5 Å². The maximum absolute atomic E-state index is 10.8. The summed E-state index contributed by atoms with van der Waals surface area (Å²) in [4.78, 5) is 11.5. The molecule has 0 spiro atoms. The monoisotopic (exact) mass is 448 g/mol. The van der Waals surface area contributed by atoms with Crippen molar-refractivity contribution in [3.05, 3.63) is 43.0 Å². The van der Waals surface area contributed by atoms with Crippen LogP contribution in [0.2, 0.25) is 0 Å². The van der Waals surface area contributed by atoms with Crippen molar-refractivity contribution in [2.45, 2.75) is 25.8 Å². The molecule has 5 heterocycles. The fraction of sp³-hybridized carbons (Fsp3) is 0.375. The lowest BCUT2D eigenvalue weighted by molar-refractivity contribution is 0.218. The second-order valence-electron chi connectivity index (χ2n) is 8.25. The van der Waals surface area contributed by atoms with Crippen molar-refractivity contribution in [2.75, 3.05) is 33.9 Å². The number of rotatable bonds is 7. The van der Waals surface area contributed by atoms with Crippen LogP contribution >= 0.6 is 0 Å². The molecule has 1 aliphatic rings. The van der Waals surface area contributed by atoms with Crippen LogP contribution in [0.4, 0.5) is 0 Å². The number of piperidine rings is 1. The van der Waals surface area contributed by atoms with Crippen molar-refractivity contribution >= 4 is 10.9 Å². The highest BCUT2D eigenvalue weighted by Crippen LogP contribution is 2.33. The number of methoxy groups -OCH3 is 2. The molecule has 172 valence electrons. The Balaban J connectivity index is 1.39. The van der Waals surface area contributed by atoms with Crippen LogP contribution in [0.15, 0.2) is 43.0 Å². The molecule has 33 heavy (non-hydrogen) atoms. The molecule has 1 fully saturated rings. The van der Waals surface area contributed by atoms with Crippen LogP contribution < -0.4 is 9.47 Å². The largest absolute Gasteiger partial charge is 0.494 e. The predicted octanol–water partition coefficient (Wildman–Crippen LogP) is 3.49. The van der Waals surface area contributed by atoms with Crippen molar-refractivity contribution in [2.24, 2.45) is 0 Å². The molecule has 9 heteroatoms. The van der Waals surface area contributed by atoms with Crippen LogP contribution in [0.1, 0.15) is 19.3 Å². The van der Waals surface area contributed by atoms with Crippen LogP contribution in [0.3, 0.4) is 0 Å². The Morgan fingerprint density at radius 2 is 1.85 bits per heavy atom. The molecule has 0 bridgehead atoms. The zero-order chi connectivity index (χ0) is 22.8. The zero-order valence-electron chi connectivity index (χ0n) is 18.9. The SMILES string of the molecule is COc1cc(-c2ccc3c(O)n(-c4cnn(CCN5CCCCC5)c4)cc3n2)cnc1OC. The first kappa shape index (κ1) is 21.3. The van der Waals surface area contributed by atoms with Gasteiger partial charge in [-0.2, -0.15) is 5.10 Å². The van der Waals surface area contributed by atoms with Crippen molar-refractivity contribution in [3.63, 3.8) is 0 Å². The average Bonchev–Trinajstić information content (AvgIpc) is 3.47. The van der Waals surface area contributed by atoms with Crippen molar-refractivity contribution in [1.29, 1.82) is 0 Å². The third-order valence-electron chi connectivity index (χ3n) is 6.16. The topological polar surface area (TPSA) is 90.5 Å². The van der Waals surface area contributed by atoms with Crippen molar-refractivity contribution < 1.29 is 14.6 Å². The summed E-state index contributed by atoms with van der Waals surface area (Å²) in [6, 6.07) is 5.56. The molecule has 4 aromatic heterocycles. The molecule has 0 atom stereocenters. The van der Waals surface area contributed by atoms with Crippen LogP contribution in [0, 0.1) is 0 Å². The number of nitrogens with zero attached hydrogens (tertiary/aromatic N) is 6. The van der Waals surface area contributed by atoms with E-state index in [0.717, 1.165) is 30.0 Å². The summed E-state index contributed by atoms with van der Waals surface area (Å²) < 4.78 is 14.2. The van der Waals surface area contributed by atoms with E-state index >= 15 is 0 Å². The molecule has 4 aromatic rings. The van der Waals surface area contributed by atoms with Gasteiger partial charge in [-0.1, -0.05) is 6.42 Å². The summed E-state index contributed by atoms with van der Waals surface area (Å²) in [5.74, 6) is 1.10. The first-order chi connectivity index (χ1) is 16.2. The lowest BCUT2D eigenvalue weighted by Crippen LogP contribution is -2.32. The van der Waals surface area contributed by atoms with Gasteiger partial charge in [0.15, 0.2) is 5.75 Å². The molecule has 1 saturated heterocycles. The molecule has 0 amide bonds. The van der Waals surface area contributed by atoms with Gasteiger partial charge in [0, 0.05) is 30.7 Å². The molecule has 0 aromatic carbocycles. The van der Waals surface area contributed by atoms with Gasteiger partial charge in [-0.3, -0.25) is 9.25 Å². The third kappa shape index (κ3) is 4.23. The molecule has 0 aliphatic carbocycles. The molecule has 1 aliphatic heterocycles. The highest BCUT2D eigenvalue weighted by atomic mass is 16.5. The second-order valence-corrected chi connectivity index (χ2v) is 8.25. The van der Waals surface area contributed by atoms with Gasteiger partial charge < -0.3 is 19.5 Å². The summed E-state index contributed by atoms with van der Waals surface area (Å²) in [5.41, 5.74) is 3.01. The number of hydrogen-bond acceptors (Lipinski definition) is 7. The summed E-state index contributed by atoms with van der Waals surface area (Å²) in [6.07, 6.45) is 11.1. The van der Waals surface area contributed by atoms with E-state index in [1.54, 1.807) is 31.2 Å². The number of pyridine rings is 2. The molecule has 0 unspecified atom stereocenters. The number of fused-ring (bicyclic) bond motifs is 1. The van der Waals surface area contributed by atoms with E-state index in [1.807, 2.05) is 35.3 Å². The summed E-state index contributed by atoms with van der Waals surface area (Å²) in [5, 5.41) is 16.0. The third-order valence-corrected chi connectivity index (χ3v) is 6.16. The molecule has 0 radical (unpaired) electrons. The van der Waals surface area contributed by atoms with E-state index in [0.29, 0.717) is 22.5 Å². The Hall–Kier alpha value is -3.59. The molecule has 5 rings (SSSR count). The number of likely N-dealkylation sites (tertiary alicyclic amines) is 1. The molecule has 9 nitrogen and oxygen atoms in total. The minimum absolute atomic E-state index is 0.144. The Morgan fingerprint density at radius 3 is 2.64 bits per heavy atom. The van der Waals surface area contributed by atoms with E-state index < -0.39 is 0 Å². The van der Waals surface area contributed by atoms with Gasteiger partial charge in [0.25, 0.3) is 5.88 Å². The lowest BCUT2D eigenvalue weighted by atomic mass is 10.1. The second kappa shape index (κ2) is 9.11. The average molecular weight is 449 g/mol. The standard InChI is InChI=1S/C24H28N6O3/c1-32-22-12-17(13-25-23(22)33-2)20-7-6-19-21(27-20)16-30(24(19)31)18-14-26-29(15-18)11-10-28-8-4-3-5-9-28/h6-7,12-16,31H,3-5,8-11H2,1-2H3. The van der Waals surface area contributed by atoms with Gasteiger partial charge in [0.2, 0.25) is 5.88 Å². The molecular weight excluding hydrogens is 420 g/mol. The molecular formula is C24H28N6O3. The number of hydrogen-bond donors (Lipinski definition) is 1. The van der Waals surface area contributed by atoms with Gasteiger partial charge in [-0.15, -0.1) is 0 Å². The fourth-order valence-corrected chi connectivity index (χ4v) is 4.33.